The normalized spacial score (nSPS) is 10.7. The van der Waals surface area contributed by atoms with Crippen molar-refractivity contribution in [3.63, 3.8) is 0 Å². The lowest BCUT2D eigenvalue weighted by Crippen LogP contribution is -2.12. The Morgan fingerprint density at radius 3 is 0.535 bits per heavy atom. The van der Waals surface area contributed by atoms with Crippen molar-refractivity contribution >= 4 is 116 Å². The molecule has 0 saturated carbocycles. The van der Waals surface area contributed by atoms with Gasteiger partial charge in [0, 0.05) is 164 Å². The van der Waals surface area contributed by atoms with Crippen LogP contribution in [0.4, 0.5) is 68.2 Å². The molecule has 20 nitrogen and oxygen atoms in total. The molecule has 0 heterocycles. The summed E-state index contributed by atoms with van der Waals surface area (Å²) in [6.45, 7) is 52.9. The largest absolute Gasteiger partial charge is 0.462 e. The van der Waals surface area contributed by atoms with Crippen LogP contribution < -0.4 is 19.6 Å². The van der Waals surface area contributed by atoms with Gasteiger partial charge in [-0.3, -0.25) is 0 Å². The maximum Gasteiger partial charge on any atom is 0.333 e. The molecule has 0 aliphatic rings. The van der Waals surface area contributed by atoms with Crippen molar-refractivity contribution in [2.75, 3.05) is 72.5 Å². The van der Waals surface area contributed by atoms with Gasteiger partial charge >= 0.3 is 47.8 Å². The van der Waals surface area contributed by atoms with Gasteiger partial charge in [-0.05, 0) is 318 Å². The number of carbonyl (C=O) groups excluding carboxylic acids is 8. The van der Waals surface area contributed by atoms with Crippen LogP contribution in [0, 0.1) is 27.7 Å². The number of ether oxygens (including phenoxy) is 8. The van der Waals surface area contributed by atoms with E-state index < -0.39 is 47.8 Å². The van der Waals surface area contributed by atoms with Crippen molar-refractivity contribution in [3.8, 4) is 22.3 Å². The van der Waals surface area contributed by atoms with E-state index in [9.17, 15) is 38.4 Å². The lowest BCUT2D eigenvalue weighted by atomic mass is 9.98. The van der Waals surface area contributed by atoms with Gasteiger partial charge in [0.05, 0.1) is 52.9 Å². The minimum Gasteiger partial charge on any atom is -0.462 e. The number of anilines is 12. The molecule has 0 spiro atoms. The van der Waals surface area contributed by atoms with Gasteiger partial charge in [0.25, 0.3) is 0 Å². The Hall–Kier alpha value is -16.5. The summed E-state index contributed by atoms with van der Waals surface area (Å²) in [6, 6.07) is 92.1. The predicted molar refractivity (Wildman–Crippen MR) is 577 cm³/mol. The highest BCUT2D eigenvalue weighted by Crippen LogP contribution is 2.44. The topological polar surface area (TPSA) is 223 Å². The van der Waals surface area contributed by atoms with Crippen LogP contribution in [0.3, 0.4) is 0 Å². The molecule has 0 bridgehead atoms. The van der Waals surface area contributed by atoms with Gasteiger partial charge in [-0.25, -0.2) is 38.4 Å². The van der Waals surface area contributed by atoms with E-state index in [4.69, 9.17) is 37.9 Å². The highest BCUT2D eigenvalue weighted by Gasteiger charge is 2.24. The van der Waals surface area contributed by atoms with Crippen molar-refractivity contribution < 1.29 is 76.3 Å². The third-order valence-electron chi connectivity index (χ3n) is 23.9. The van der Waals surface area contributed by atoms with Crippen LogP contribution in [-0.4, -0.2) is 101 Å². The molecule has 0 atom stereocenters. The first-order valence-electron chi connectivity index (χ1n) is 47.9. The van der Waals surface area contributed by atoms with E-state index >= 15 is 0 Å². The predicted octanol–water partition coefficient (Wildman–Crippen LogP) is 27.1. The second kappa shape index (κ2) is 52.1. The monoisotopic (exact) mass is 1930 g/mol. The number of aryl methyl sites for hydroxylation is 4. The van der Waals surface area contributed by atoms with E-state index in [1.807, 2.05) is 24.3 Å². The summed E-state index contributed by atoms with van der Waals surface area (Å²) in [5, 5.41) is 0. The number of rotatable bonds is 46. The van der Waals surface area contributed by atoms with E-state index in [0.717, 1.165) is 157 Å². The molecule has 0 unspecified atom stereocenters. The molecule has 20 heteroatoms. The molecule has 12 aromatic carbocycles. The molecule has 0 aliphatic carbocycles. The van der Waals surface area contributed by atoms with Gasteiger partial charge in [-0.1, -0.05) is 174 Å². The zero-order valence-electron chi connectivity index (χ0n) is 84.7. The van der Waals surface area contributed by atoms with Crippen molar-refractivity contribution in [2.45, 2.75) is 134 Å². The Morgan fingerprint density at radius 2 is 0.354 bits per heavy atom. The molecule has 12 rings (SSSR count). The fourth-order valence-corrected chi connectivity index (χ4v) is 15.7. The Morgan fingerprint density at radius 1 is 0.188 bits per heavy atom. The molecule has 144 heavy (non-hydrogen) atoms. The first-order chi connectivity index (χ1) is 69.0. The second-order valence-corrected chi connectivity index (χ2v) is 36.0. The molecule has 0 aromatic heterocycles. The molecule has 0 saturated heterocycles. The Kier molecular flexibility index (Phi) is 39.1. The van der Waals surface area contributed by atoms with E-state index in [1.165, 1.54) is 0 Å². The average Bonchev–Trinajstić information content (AvgIpc) is 0.787. The number of nitrogens with zero attached hydrogens (tertiary/aromatic N) is 4. The van der Waals surface area contributed by atoms with Crippen molar-refractivity contribution in [2.24, 2.45) is 0 Å². The van der Waals surface area contributed by atoms with Crippen LogP contribution in [0.1, 0.15) is 122 Å². The highest BCUT2D eigenvalue weighted by atomic mass is 16.6. The molecule has 12 aromatic rings. The first-order valence-corrected chi connectivity index (χ1v) is 47.9. The van der Waals surface area contributed by atoms with Crippen LogP contribution in [0.25, 0.3) is 22.3 Å². The maximum absolute atomic E-state index is 12.0. The fraction of sp³-hybridized carbons (Fsp3) is 0.226. The number of hydrogen-bond acceptors (Lipinski definition) is 20. The summed E-state index contributed by atoms with van der Waals surface area (Å²) < 4.78 is 42.9. The first kappa shape index (κ1) is 108. The standard InChI is InChI=1S/2C62H64N2O8/c1-41(2)59(65)69-35-31-47-11-21-53(22-12-47)63(57-29-15-49(45(9)39-57)33-37-71-61(67)43(5)6)55-25-17-51(18-26-55)52-19-27-56(28-20-52)64(54-23-13-48(14-24-54)32-36-70-60(66)42(3)4)58-30-16-50(46(10)40-58)34-38-72-62(68)44(7)8;1-41(2)59(65)69-35-31-47-11-21-53(22-12-47)63(54-23-13-48(14-24-54)32-36-70-60(66)42(3)4)57-29-19-51(39-45(57)9)52-20-30-58(46(10)40-52)64(55-25-15-49(16-26-55)33-37-71-61(67)43(5)6)56-27-17-50(18-28-56)34-38-72-62(68)44(7)8/h2*11-30,39-40H,1,3,5,7,31-38H2,2,4,6,8-10H3. The number of esters is 8. The van der Waals surface area contributed by atoms with Crippen LogP contribution in [0.2, 0.25) is 0 Å². The SMILES string of the molecule is C=C(C)C(=O)OCCc1ccc(N(c2ccc(-c3ccc(N(c4ccc(CCOC(=O)C(=C)C)cc4)c4ccc(CCOC(=O)C(=C)C)c(C)c4)cc3)cc2)c2ccc(CCOC(=O)C(=C)C)c(C)c2)cc1.C=C(C)C(=O)OCCc1ccc(N(c2ccc(CCOC(=O)C(=C)C)cc2)c2ccc(-c3ccc(N(c4ccc(CCOC(=O)C(=C)C)cc4)c4ccc(CCOC(=O)C(=C)C)cc4)c(C)c3)cc2C)cc1. The molecule has 0 fully saturated rings. The van der Waals surface area contributed by atoms with Crippen molar-refractivity contribution in [1.82, 2.24) is 0 Å². The van der Waals surface area contributed by atoms with E-state index in [1.54, 1.807) is 55.4 Å². The van der Waals surface area contributed by atoms with Gasteiger partial charge in [0.1, 0.15) is 0 Å². The molecule has 0 N–H and O–H groups in total. The van der Waals surface area contributed by atoms with Crippen LogP contribution in [0.15, 0.2) is 364 Å². The summed E-state index contributed by atoms with van der Waals surface area (Å²) >= 11 is 0. The van der Waals surface area contributed by atoms with Crippen molar-refractivity contribution in [3.05, 3.63) is 431 Å². The van der Waals surface area contributed by atoms with Crippen LogP contribution >= 0.6 is 0 Å². The summed E-state index contributed by atoms with van der Waals surface area (Å²) in [6.07, 6.45) is 4.56. The average molecular weight is 1930 g/mol. The number of carbonyl (C=O) groups is 8. The molecular formula is C124H128N4O16. The molecule has 0 amide bonds. The molecule has 0 aliphatic heterocycles. The van der Waals surface area contributed by atoms with Crippen molar-refractivity contribution in [1.29, 1.82) is 0 Å². The fourth-order valence-electron chi connectivity index (χ4n) is 15.7. The highest BCUT2D eigenvalue weighted by molar-refractivity contribution is 5.92. The zero-order valence-corrected chi connectivity index (χ0v) is 84.7. The lowest BCUT2D eigenvalue weighted by Gasteiger charge is -2.28. The van der Waals surface area contributed by atoms with E-state index in [0.29, 0.717) is 96.0 Å². The Bertz CT molecular complexity index is 6160. The summed E-state index contributed by atoms with van der Waals surface area (Å²) in [5.41, 5.74) is 31.3. The third-order valence-corrected chi connectivity index (χ3v) is 23.9. The Labute approximate surface area is 847 Å². The number of benzene rings is 12. The lowest BCUT2D eigenvalue weighted by molar-refractivity contribution is -0.139. The zero-order chi connectivity index (χ0) is 104. The van der Waals surface area contributed by atoms with Gasteiger partial charge < -0.3 is 57.5 Å². The number of hydrogen-bond donors (Lipinski definition) is 0. The van der Waals surface area contributed by atoms with Gasteiger partial charge in [0.2, 0.25) is 0 Å². The third kappa shape index (κ3) is 30.8. The van der Waals surface area contributed by atoms with Crippen LogP contribution in [0.5, 0.6) is 0 Å². The van der Waals surface area contributed by atoms with Crippen LogP contribution in [-0.2, 0) is 128 Å². The summed E-state index contributed by atoms with van der Waals surface area (Å²) in [4.78, 5) is 105. The van der Waals surface area contributed by atoms with Gasteiger partial charge in [0.15, 0.2) is 0 Å². The molecular weight excluding hydrogens is 1800 g/mol. The van der Waals surface area contributed by atoms with Gasteiger partial charge in [-0.2, -0.15) is 0 Å². The summed E-state index contributed by atoms with van der Waals surface area (Å²) in [7, 11) is 0. The van der Waals surface area contributed by atoms with E-state index in [2.05, 4.69) is 343 Å². The summed E-state index contributed by atoms with van der Waals surface area (Å²) in [5.74, 6) is -3.20. The molecule has 740 valence electrons. The minimum absolute atomic E-state index is 0.257. The van der Waals surface area contributed by atoms with E-state index in [-0.39, 0.29) is 52.9 Å². The smallest absolute Gasteiger partial charge is 0.333 e. The quantitative estimate of drug-likeness (QED) is 0.0196. The second-order valence-electron chi connectivity index (χ2n) is 36.0. The Balaban J connectivity index is 0.000000274. The maximum atomic E-state index is 12.0. The van der Waals surface area contributed by atoms with Gasteiger partial charge in [-0.15, -0.1) is 0 Å². The molecule has 0 radical (unpaired) electrons. The minimum atomic E-state index is -0.401.